The SMILES string of the molecule is COC1NC(=O)C(c2cccc(Cl)c2[N+](=O)[O-])=C1Cl. The number of amides is 1. The zero-order valence-electron chi connectivity index (χ0n) is 9.65. The van der Waals surface area contributed by atoms with Gasteiger partial charge < -0.3 is 10.1 Å². The minimum atomic E-state index is -0.803. The second-order valence-electron chi connectivity index (χ2n) is 3.71. The number of nitro benzene ring substituents is 1. The van der Waals surface area contributed by atoms with Crippen LogP contribution in [0.5, 0.6) is 0 Å². The summed E-state index contributed by atoms with van der Waals surface area (Å²) in [6.45, 7) is 0. The molecule has 1 aliphatic rings. The van der Waals surface area contributed by atoms with E-state index in [1.807, 2.05) is 0 Å². The van der Waals surface area contributed by atoms with Crippen molar-refractivity contribution in [3.8, 4) is 0 Å². The molecule has 0 bridgehead atoms. The molecule has 0 aromatic heterocycles. The molecule has 6 nitrogen and oxygen atoms in total. The normalized spacial score (nSPS) is 18.7. The number of halogens is 2. The zero-order chi connectivity index (χ0) is 14.2. The van der Waals surface area contributed by atoms with Crippen molar-refractivity contribution in [1.82, 2.24) is 5.32 Å². The highest BCUT2D eigenvalue weighted by molar-refractivity contribution is 6.42. The number of nitrogens with one attached hydrogen (secondary N) is 1. The number of hydrogen-bond donors (Lipinski definition) is 1. The van der Waals surface area contributed by atoms with Crippen LogP contribution in [0, 0.1) is 10.1 Å². The van der Waals surface area contributed by atoms with Crippen molar-refractivity contribution in [2.24, 2.45) is 0 Å². The van der Waals surface area contributed by atoms with Gasteiger partial charge in [-0.15, -0.1) is 0 Å². The molecule has 0 saturated carbocycles. The topological polar surface area (TPSA) is 81.5 Å². The third-order valence-electron chi connectivity index (χ3n) is 2.63. The molecule has 0 radical (unpaired) electrons. The minimum absolute atomic E-state index is 0.00252. The van der Waals surface area contributed by atoms with Crippen LogP contribution in [0.25, 0.3) is 5.57 Å². The van der Waals surface area contributed by atoms with Crippen LogP contribution in [0.1, 0.15) is 5.56 Å². The number of benzene rings is 1. The van der Waals surface area contributed by atoms with Crippen molar-refractivity contribution in [3.05, 3.63) is 43.9 Å². The minimum Gasteiger partial charge on any atom is -0.356 e. The van der Waals surface area contributed by atoms with Crippen molar-refractivity contribution in [3.63, 3.8) is 0 Å². The maximum Gasteiger partial charge on any atom is 0.295 e. The summed E-state index contributed by atoms with van der Waals surface area (Å²) in [4.78, 5) is 22.2. The zero-order valence-corrected chi connectivity index (χ0v) is 11.2. The smallest absolute Gasteiger partial charge is 0.295 e. The number of hydrogen-bond acceptors (Lipinski definition) is 4. The molecule has 1 amide bonds. The second-order valence-corrected chi connectivity index (χ2v) is 4.52. The third-order valence-corrected chi connectivity index (χ3v) is 3.32. The Morgan fingerprint density at radius 1 is 1.42 bits per heavy atom. The average molecular weight is 303 g/mol. The lowest BCUT2D eigenvalue weighted by atomic mass is 10.0. The average Bonchev–Trinajstić information content (AvgIpc) is 2.63. The molecular weight excluding hydrogens is 295 g/mol. The fourth-order valence-corrected chi connectivity index (χ4v) is 2.38. The van der Waals surface area contributed by atoms with Crippen LogP contribution in [0.3, 0.4) is 0 Å². The number of rotatable bonds is 3. The van der Waals surface area contributed by atoms with E-state index in [0.717, 1.165) is 0 Å². The van der Waals surface area contributed by atoms with Crippen molar-refractivity contribution in [2.45, 2.75) is 6.23 Å². The summed E-state index contributed by atoms with van der Waals surface area (Å²) in [5, 5.41) is 13.5. The van der Waals surface area contributed by atoms with Crippen molar-refractivity contribution in [1.29, 1.82) is 0 Å². The second kappa shape index (κ2) is 5.16. The highest BCUT2D eigenvalue weighted by atomic mass is 35.5. The summed E-state index contributed by atoms with van der Waals surface area (Å²) in [5.41, 5.74) is -0.286. The van der Waals surface area contributed by atoms with Gasteiger partial charge in [0, 0.05) is 7.11 Å². The molecule has 8 heteroatoms. The maximum atomic E-state index is 11.8. The molecule has 1 aromatic carbocycles. The molecule has 1 N–H and O–H groups in total. The lowest BCUT2D eigenvalue weighted by Gasteiger charge is -2.06. The van der Waals surface area contributed by atoms with Crippen LogP contribution in [0.2, 0.25) is 5.02 Å². The van der Waals surface area contributed by atoms with E-state index in [4.69, 9.17) is 27.9 Å². The highest BCUT2D eigenvalue weighted by Crippen LogP contribution is 2.38. The molecule has 100 valence electrons. The van der Waals surface area contributed by atoms with Gasteiger partial charge in [0.05, 0.1) is 21.1 Å². The molecule has 0 aliphatic carbocycles. The van der Waals surface area contributed by atoms with Gasteiger partial charge >= 0.3 is 0 Å². The Kier molecular flexibility index (Phi) is 3.75. The first-order valence-electron chi connectivity index (χ1n) is 5.14. The van der Waals surface area contributed by atoms with E-state index in [9.17, 15) is 14.9 Å². The molecular formula is C11H8Cl2N2O4. The number of carbonyl (C=O) groups excluding carboxylic acids is 1. The van der Waals surface area contributed by atoms with Crippen LogP contribution in [-0.2, 0) is 9.53 Å². The third kappa shape index (κ3) is 2.30. The summed E-state index contributed by atoms with van der Waals surface area (Å²) in [6, 6.07) is 4.30. The fourth-order valence-electron chi connectivity index (χ4n) is 1.81. The molecule has 1 unspecified atom stereocenters. The van der Waals surface area contributed by atoms with E-state index in [-0.39, 0.29) is 26.9 Å². The number of carbonyl (C=O) groups is 1. The van der Waals surface area contributed by atoms with E-state index < -0.39 is 17.1 Å². The summed E-state index contributed by atoms with van der Waals surface area (Å²) in [5.74, 6) is -0.540. The Balaban J connectivity index is 2.66. The van der Waals surface area contributed by atoms with Gasteiger partial charge in [-0.25, -0.2) is 0 Å². The molecule has 0 saturated heterocycles. The Morgan fingerprint density at radius 2 is 2.11 bits per heavy atom. The Morgan fingerprint density at radius 3 is 2.63 bits per heavy atom. The molecule has 1 heterocycles. The van der Waals surface area contributed by atoms with Crippen molar-refractivity contribution < 1.29 is 14.5 Å². The molecule has 19 heavy (non-hydrogen) atoms. The predicted octanol–water partition coefficient (Wildman–Crippen LogP) is 2.30. The van der Waals surface area contributed by atoms with Crippen molar-refractivity contribution in [2.75, 3.05) is 7.11 Å². The van der Waals surface area contributed by atoms with Crippen LogP contribution >= 0.6 is 23.2 Å². The quantitative estimate of drug-likeness (QED) is 0.686. The Labute approximate surface area is 118 Å². The number of para-hydroxylation sites is 1. The number of nitrogens with zero attached hydrogens (tertiary/aromatic N) is 1. The number of ether oxygens (including phenoxy) is 1. The monoisotopic (exact) mass is 302 g/mol. The maximum absolute atomic E-state index is 11.8. The van der Waals surface area contributed by atoms with E-state index in [1.54, 1.807) is 0 Å². The summed E-state index contributed by atoms with van der Waals surface area (Å²) >= 11 is 11.8. The molecule has 1 atom stereocenters. The fraction of sp³-hybridized carbons (Fsp3) is 0.182. The molecule has 0 spiro atoms. The van der Waals surface area contributed by atoms with Gasteiger partial charge in [-0.3, -0.25) is 14.9 Å². The number of nitro groups is 1. The predicted molar refractivity (Wildman–Crippen MR) is 69.8 cm³/mol. The van der Waals surface area contributed by atoms with Crippen LogP contribution in [0.15, 0.2) is 23.2 Å². The first-order chi connectivity index (χ1) is 8.97. The van der Waals surface area contributed by atoms with Crippen LogP contribution in [-0.4, -0.2) is 24.2 Å². The van der Waals surface area contributed by atoms with E-state index in [1.165, 1.54) is 25.3 Å². The van der Waals surface area contributed by atoms with E-state index >= 15 is 0 Å². The van der Waals surface area contributed by atoms with Gasteiger partial charge in [0.1, 0.15) is 5.02 Å². The molecule has 0 fully saturated rings. The lowest BCUT2D eigenvalue weighted by Crippen LogP contribution is -2.29. The molecule has 1 aromatic rings. The van der Waals surface area contributed by atoms with Crippen molar-refractivity contribution >= 4 is 40.4 Å². The standard InChI is InChI=1S/C11H8Cl2N2O4/c1-19-11-8(13)7(10(16)14-11)5-3-2-4-6(12)9(5)15(17)18/h2-4,11H,1H3,(H,14,16). The van der Waals surface area contributed by atoms with Gasteiger partial charge in [0.15, 0.2) is 6.23 Å². The highest BCUT2D eigenvalue weighted by Gasteiger charge is 2.35. The van der Waals surface area contributed by atoms with Gasteiger partial charge in [-0.1, -0.05) is 29.3 Å². The van der Waals surface area contributed by atoms with E-state index in [0.29, 0.717) is 0 Å². The molecule has 2 rings (SSSR count). The number of methoxy groups -OCH3 is 1. The summed E-state index contributed by atoms with van der Waals surface area (Å²) < 4.78 is 4.95. The van der Waals surface area contributed by atoms with Crippen LogP contribution < -0.4 is 5.32 Å². The molecule has 1 aliphatic heterocycles. The van der Waals surface area contributed by atoms with Crippen LogP contribution in [0.4, 0.5) is 5.69 Å². The first kappa shape index (κ1) is 13.8. The largest absolute Gasteiger partial charge is 0.356 e. The van der Waals surface area contributed by atoms with Gasteiger partial charge in [0.2, 0.25) is 0 Å². The Hall–Kier alpha value is -1.63. The van der Waals surface area contributed by atoms with Gasteiger partial charge in [0.25, 0.3) is 11.6 Å². The van der Waals surface area contributed by atoms with E-state index in [2.05, 4.69) is 5.32 Å². The summed E-state index contributed by atoms with van der Waals surface area (Å²) in [7, 11) is 1.36. The van der Waals surface area contributed by atoms with Gasteiger partial charge in [-0.05, 0) is 12.1 Å². The summed E-state index contributed by atoms with van der Waals surface area (Å²) in [6.07, 6.45) is -0.803. The Bertz CT molecular complexity index is 600. The lowest BCUT2D eigenvalue weighted by molar-refractivity contribution is -0.385. The van der Waals surface area contributed by atoms with Gasteiger partial charge in [-0.2, -0.15) is 0 Å². The first-order valence-corrected chi connectivity index (χ1v) is 5.89.